The minimum absolute atomic E-state index is 0.0567. The van der Waals surface area contributed by atoms with Gasteiger partial charge in [-0.25, -0.2) is 0 Å². The Bertz CT molecular complexity index is 468. The molecule has 0 radical (unpaired) electrons. The summed E-state index contributed by atoms with van der Waals surface area (Å²) < 4.78 is 11.0. The Morgan fingerprint density at radius 3 is 2.85 bits per heavy atom. The van der Waals surface area contributed by atoms with Gasteiger partial charge in [0.15, 0.2) is 0 Å². The van der Waals surface area contributed by atoms with Gasteiger partial charge in [-0.1, -0.05) is 0 Å². The molecule has 0 aromatic carbocycles. The predicted octanol–water partition coefficient (Wildman–Crippen LogP) is -0.171. The van der Waals surface area contributed by atoms with Crippen LogP contribution >= 0.6 is 0 Å². The maximum atomic E-state index is 9.33. The normalized spacial score (nSPS) is 21.8. The van der Waals surface area contributed by atoms with E-state index < -0.39 is 5.60 Å². The number of morpholine rings is 1. The van der Waals surface area contributed by atoms with E-state index in [1.165, 1.54) is 0 Å². The van der Waals surface area contributed by atoms with Gasteiger partial charge in [0.1, 0.15) is 0 Å². The second-order valence-electron chi connectivity index (χ2n) is 5.27. The molecule has 1 unspecified atom stereocenters. The molecule has 8 nitrogen and oxygen atoms in total. The third-order valence-corrected chi connectivity index (χ3v) is 2.86. The number of nitrogens with zero attached hydrogens (tertiary/aromatic N) is 4. The first-order valence-corrected chi connectivity index (χ1v) is 6.61. The van der Waals surface area contributed by atoms with Crippen LogP contribution in [0.5, 0.6) is 6.01 Å². The predicted molar refractivity (Wildman–Crippen MR) is 73.7 cm³/mol. The van der Waals surface area contributed by atoms with E-state index in [0.717, 1.165) is 0 Å². The highest BCUT2D eigenvalue weighted by Crippen LogP contribution is 2.24. The van der Waals surface area contributed by atoms with Crippen molar-refractivity contribution >= 4 is 11.9 Å². The third kappa shape index (κ3) is 3.45. The van der Waals surface area contributed by atoms with E-state index in [1.54, 1.807) is 0 Å². The summed E-state index contributed by atoms with van der Waals surface area (Å²) in [6.45, 7) is 7.24. The highest BCUT2D eigenvalue weighted by atomic mass is 16.5. The smallest absolute Gasteiger partial charge is 0.323 e. The van der Waals surface area contributed by atoms with E-state index >= 15 is 0 Å². The Balaban J connectivity index is 2.25. The Morgan fingerprint density at radius 1 is 1.45 bits per heavy atom. The number of aromatic nitrogens is 3. The Morgan fingerprint density at radius 2 is 2.20 bits per heavy atom. The van der Waals surface area contributed by atoms with Crippen LogP contribution in [0.1, 0.15) is 20.8 Å². The standard InChI is InChI=1S/C12H21N5O3/c1-4-19-11-15-9(13)14-10(16-11)17-5-8(6-18)20-12(2,3)7-17/h8,18H,4-7H2,1-3H3,(H2,13,14,15,16). The number of aliphatic hydroxyl groups is 1. The SMILES string of the molecule is CCOc1nc(N)nc(N2CC(CO)OC(C)(C)C2)n1. The van der Waals surface area contributed by atoms with Crippen molar-refractivity contribution in [3.8, 4) is 6.01 Å². The van der Waals surface area contributed by atoms with Crippen molar-refractivity contribution in [2.45, 2.75) is 32.5 Å². The molecule has 1 aromatic rings. The van der Waals surface area contributed by atoms with Gasteiger partial charge in [0.2, 0.25) is 11.9 Å². The van der Waals surface area contributed by atoms with E-state index in [4.69, 9.17) is 15.2 Å². The quantitative estimate of drug-likeness (QED) is 0.784. The molecule has 1 aromatic heterocycles. The molecule has 20 heavy (non-hydrogen) atoms. The van der Waals surface area contributed by atoms with Gasteiger partial charge >= 0.3 is 6.01 Å². The van der Waals surface area contributed by atoms with E-state index in [2.05, 4.69) is 15.0 Å². The molecule has 2 rings (SSSR count). The average molecular weight is 283 g/mol. The number of hydrogen-bond donors (Lipinski definition) is 2. The molecule has 1 atom stereocenters. The van der Waals surface area contributed by atoms with Crippen molar-refractivity contribution in [2.75, 3.05) is 36.9 Å². The van der Waals surface area contributed by atoms with Gasteiger partial charge in [-0.05, 0) is 20.8 Å². The van der Waals surface area contributed by atoms with Crippen molar-refractivity contribution in [2.24, 2.45) is 0 Å². The average Bonchev–Trinajstić information content (AvgIpc) is 2.36. The molecule has 0 saturated carbocycles. The lowest BCUT2D eigenvalue weighted by Gasteiger charge is -2.42. The van der Waals surface area contributed by atoms with Crippen LogP contribution < -0.4 is 15.4 Å². The minimum Gasteiger partial charge on any atom is -0.464 e. The van der Waals surface area contributed by atoms with E-state index in [0.29, 0.717) is 25.6 Å². The number of nitrogens with two attached hydrogens (primary N) is 1. The van der Waals surface area contributed by atoms with Crippen LogP contribution in [0.25, 0.3) is 0 Å². The van der Waals surface area contributed by atoms with Gasteiger partial charge in [-0.3, -0.25) is 0 Å². The van der Waals surface area contributed by atoms with E-state index in [9.17, 15) is 5.11 Å². The molecule has 1 aliphatic rings. The summed E-state index contributed by atoms with van der Waals surface area (Å²) in [6, 6.07) is 0.208. The lowest BCUT2D eigenvalue weighted by atomic mass is 10.1. The summed E-state index contributed by atoms with van der Waals surface area (Å²) in [4.78, 5) is 14.2. The monoisotopic (exact) mass is 283 g/mol. The van der Waals surface area contributed by atoms with Crippen LogP contribution in [0, 0.1) is 0 Å². The Labute approximate surface area is 117 Å². The molecule has 1 aliphatic heterocycles. The number of rotatable bonds is 4. The number of anilines is 2. The maximum absolute atomic E-state index is 9.33. The molecule has 0 aliphatic carbocycles. The highest BCUT2D eigenvalue weighted by molar-refractivity contribution is 5.37. The number of nitrogen functional groups attached to an aromatic ring is 1. The van der Waals surface area contributed by atoms with Gasteiger partial charge in [0.05, 0.1) is 24.9 Å². The second kappa shape index (κ2) is 5.76. The highest BCUT2D eigenvalue weighted by Gasteiger charge is 2.34. The van der Waals surface area contributed by atoms with Gasteiger partial charge in [-0.2, -0.15) is 15.0 Å². The molecule has 8 heteroatoms. The zero-order valence-corrected chi connectivity index (χ0v) is 12.0. The molecule has 3 N–H and O–H groups in total. The fourth-order valence-electron chi connectivity index (χ4n) is 2.24. The van der Waals surface area contributed by atoms with Crippen molar-refractivity contribution in [1.82, 2.24) is 15.0 Å². The molecular formula is C12H21N5O3. The van der Waals surface area contributed by atoms with Gasteiger partial charge < -0.3 is 25.2 Å². The number of aliphatic hydroxyl groups excluding tert-OH is 1. The summed E-state index contributed by atoms with van der Waals surface area (Å²) in [5.41, 5.74) is 5.28. The lowest BCUT2D eigenvalue weighted by molar-refractivity contribution is -0.101. The Kier molecular flexibility index (Phi) is 4.24. The zero-order chi connectivity index (χ0) is 14.8. The van der Waals surface area contributed by atoms with E-state index in [-0.39, 0.29) is 24.7 Å². The Hall–Kier alpha value is -1.67. The van der Waals surface area contributed by atoms with Crippen LogP contribution in [0.4, 0.5) is 11.9 Å². The summed E-state index contributed by atoms with van der Waals surface area (Å²) in [5, 5.41) is 9.33. The first kappa shape index (κ1) is 14.7. The van der Waals surface area contributed by atoms with Gasteiger partial charge in [-0.15, -0.1) is 0 Å². The van der Waals surface area contributed by atoms with Crippen molar-refractivity contribution < 1.29 is 14.6 Å². The molecule has 112 valence electrons. The van der Waals surface area contributed by atoms with Crippen molar-refractivity contribution in [3.05, 3.63) is 0 Å². The molecule has 2 heterocycles. The number of ether oxygens (including phenoxy) is 2. The first-order valence-electron chi connectivity index (χ1n) is 6.61. The fraction of sp³-hybridized carbons (Fsp3) is 0.750. The summed E-state index contributed by atoms with van der Waals surface area (Å²) >= 11 is 0. The van der Waals surface area contributed by atoms with Gasteiger partial charge in [0, 0.05) is 13.1 Å². The molecule has 0 bridgehead atoms. The third-order valence-electron chi connectivity index (χ3n) is 2.86. The zero-order valence-electron chi connectivity index (χ0n) is 12.0. The largest absolute Gasteiger partial charge is 0.464 e. The maximum Gasteiger partial charge on any atom is 0.323 e. The van der Waals surface area contributed by atoms with Crippen LogP contribution in [0.3, 0.4) is 0 Å². The summed E-state index contributed by atoms with van der Waals surface area (Å²) in [7, 11) is 0. The van der Waals surface area contributed by atoms with Crippen LogP contribution in [0.2, 0.25) is 0 Å². The molecule has 0 spiro atoms. The van der Waals surface area contributed by atoms with Crippen LogP contribution in [-0.2, 0) is 4.74 Å². The van der Waals surface area contributed by atoms with Crippen molar-refractivity contribution in [1.29, 1.82) is 0 Å². The molecule has 0 amide bonds. The minimum atomic E-state index is -0.404. The van der Waals surface area contributed by atoms with Gasteiger partial charge in [0.25, 0.3) is 0 Å². The van der Waals surface area contributed by atoms with Crippen LogP contribution in [0.15, 0.2) is 0 Å². The molecule has 1 saturated heterocycles. The first-order chi connectivity index (χ1) is 9.43. The van der Waals surface area contributed by atoms with Crippen molar-refractivity contribution in [3.63, 3.8) is 0 Å². The fourth-order valence-corrected chi connectivity index (χ4v) is 2.24. The second-order valence-corrected chi connectivity index (χ2v) is 5.27. The molecule has 1 fully saturated rings. The number of hydrogen-bond acceptors (Lipinski definition) is 8. The van der Waals surface area contributed by atoms with Crippen LogP contribution in [-0.4, -0.2) is 58.1 Å². The molecular weight excluding hydrogens is 262 g/mol. The summed E-state index contributed by atoms with van der Waals surface area (Å²) in [5.74, 6) is 0.555. The lowest BCUT2D eigenvalue weighted by Crippen LogP contribution is -2.54. The topological polar surface area (TPSA) is 107 Å². The van der Waals surface area contributed by atoms with E-state index in [1.807, 2.05) is 25.7 Å². The summed E-state index contributed by atoms with van der Waals surface area (Å²) in [6.07, 6.45) is -0.285.